The number of primary sulfonamides is 1. The Morgan fingerprint density at radius 2 is 1.93 bits per heavy atom. The van der Waals surface area contributed by atoms with E-state index < -0.39 is 16.0 Å². The summed E-state index contributed by atoms with van der Waals surface area (Å²) >= 11 is 1.46. The van der Waals surface area contributed by atoms with E-state index in [-0.39, 0.29) is 11.5 Å². The van der Waals surface area contributed by atoms with Gasteiger partial charge in [0.05, 0.1) is 36.1 Å². The topological polar surface area (TPSA) is 125 Å². The number of imidazole rings is 1. The van der Waals surface area contributed by atoms with Gasteiger partial charge in [-0.15, -0.1) is 0 Å². The number of aromatic nitrogens is 2. The molecule has 0 saturated carbocycles. The first-order chi connectivity index (χ1) is 14.3. The zero-order chi connectivity index (χ0) is 21.7. The zero-order valence-corrected chi connectivity index (χ0v) is 17.8. The highest BCUT2D eigenvalue weighted by molar-refractivity contribution is 7.98. The van der Waals surface area contributed by atoms with Gasteiger partial charge >= 0.3 is 5.97 Å². The van der Waals surface area contributed by atoms with Crippen LogP contribution in [-0.2, 0) is 33.7 Å². The van der Waals surface area contributed by atoms with Crippen LogP contribution < -0.4 is 5.14 Å². The summed E-state index contributed by atoms with van der Waals surface area (Å²) in [5.74, 6) is 0.172. The Hall–Kier alpha value is -2.66. The molecule has 0 radical (unpaired) electrons. The van der Waals surface area contributed by atoms with Crippen molar-refractivity contribution in [3.05, 3.63) is 77.1 Å². The minimum absolute atomic E-state index is 0.0411. The van der Waals surface area contributed by atoms with Crippen molar-refractivity contribution < 1.29 is 23.1 Å². The summed E-state index contributed by atoms with van der Waals surface area (Å²) < 4.78 is 29.4. The van der Waals surface area contributed by atoms with Gasteiger partial charge in [-0.05, 0) is 35.4 Å². The lowest BCUT2D eigenvalue weighted by atomic mass is 10.1. The molecule has 3 aromatic rings. The predicted octanol–water partition coefficient (Wildman–Crippen LogP) is 2.15. The van der Waals surface area contributed by atoms with Crippen LogP contribution in [0.25, 0.3) is 0 Å². The number of ether oxygens (including phenoxy) is 1. The van der Waals surface area contributed by atoms with Gasteiger partial charge in [-0.1, -0.05) is 36.0 Å². The molecule has 0 aliphatic heterocycles. The van der Waals surface area contributed by atoms with Crippen LogP contribution in [0.3, 0.4) is 0 Å². The molecule has 0 unspecified atom stereocenters. The van der Waals surface area contributed by atoms with Crippen LogP contribution in [0.2, 0.25) is 0 Å². The van der Waals surface area contributed by atoms with Crippen molar-refractivity contribution in [2.24, 2.45) is 5.14 Å². The number of thioether (sulfide) groups is 1. The molecular weight excluding hydrogens is 426 g/mol. The van der Waals surface area contributed by atoms with Gasteiger partial charge in [0.2, 0.25) is 10.0 Å². The molecule has 30 heavy (non-hydrogen) atoms. The lowest BCUT2D eigenvalue weighted by molar-refractivity contribution is 0.0600. The number of methoxy groups -OCH3 is 1. The number of esters is 1. The van der Waals surface area contributed by atoms with Crippen LogP contribution in [-0.4, -0.2) is 36.2 Å². The largest absolute Gasteiger partial charge is 0.465 e. The Morgan fingerprint density at radius 3 is 2.57 bits per heavy atom. The van der Waals surface area contributed by atoms with Crippen molar-refractivity contribution in [1.82, 2.24) is 9.55 Å². The monoisotopic (exact) mass is 447 g/mol. The third kappa shape index (κ3) is 5.28. The van der Waals surface area contributed by atoms with E-state index in [0.717, 1.165) is 11.1 Å². The van der Waals surface area contributed by atoms with E-state index >= 15 is 0 Å². The number of aliphatic hydroxyl groups excluding tert-OH is 1. The summed E-state index contributed by atoms with van der Waals surface area (Å²) in [4.78, 5) is 16.1. The number of benzene rings is 2. The maximum absolute atomic E-state index is 11.7. The van der Waals surface area contributed by atoms with E-state index in [4.69, 9.17) is 9.88 Å². The first kappa shape index (κ1) is 22.0. The van der Waals surface area contributed by atoms with Crippen molar-refractivity contribution in [2.75, 3.05) is 7.11 Å². The highest BCUT2D eigenvalue weighted by Crippen LogP contribution is 2.25. The number of nitrogens with two attached hydrogens (primary N) is 1. The molecule has 2 aromatic carbocycles. The number of sulfonamides is 1. The molecule has 0 fully saturated rings. The molecule has 0 saturated heterocycles. The molecule has 0 aliphatic rings. The molecule has 0 aliphatic carbocycles. The van der Waals surface area contributed by atoms with Crippen LogP contribution in [0.15, 0.2) is 64.8 Å². The van der Waals surface area contributed by atoms with Crippen LogP contribution in [0.4, 0.5) is 0 Å². The predicted molar refractivity (Wildman–Crippen MR) is 112 cm³/mol. The maximum Gasteiger partial charge on any atom is 0.337 e. The van der Waals surface area contributed by atoms with Gasteiger partial charge in [0.15, 0.2) is 5.16 Å². The highest BCUT2D eigenvalue weighted by Gasteiger charge is 2.13. The Balaban J connectivity index is 1.78. The Labute approximate surface area is 178 Å². The minimum atomic E-state index is -3.75. The molecular formula is C20H21N3O5S2. The van der Waals surface area contributed by atoms with Gasteiger partial charge in [0, 0.05) is 12.3 Å². The lowest BCUT2D eigenvalue weighted by Gasteiger charge is -2.11. The van der Waals surface area contributed by atoms with Crippen LogP contribution in [0, 0.1) is 0 Å². The third-order valence-electron chi connectivity index (χ3n) is 4.37. The molecule has 3 N–H and O–H groups in total. The molecule has 8 nitrogen and oxygen atoms in total. The van der Waals surface area contributed by atoms with Gasteiger partial charge < -0.3 is 14.4 Å². The normalized spacial score (nSPS) is 11.4. The van der Waals surface area contributed by atoms with Crippen LogP contribution in [0.1, 0.15) is 27.2 Å². The number of rotatable bonds is 8. The molecule has 1 heterocycles. The summed E-state index contributed by atoms with van der Waals surface area (Å²) in [7, 11) is -2.41. The number of carbonyl (C=O) groups is 1. The molecule has 158 valence electrons. The van der Waals surface area contributed by atoms with Gasteiger partial charge in [0.25, 0.3) is 0 Å². The van der Waals surface area contributed by atoms with Crippen molar-refractivity contribution in [3.63, 3.8) is 0 Å². The van der Waals surface area contributed by atoms with E-state index in [1.165, 1.54) is 31.0 Å². The minimum Gasteiger partial charge on any atom is -0.465 e. The standard InChI is InChI=1S/C20H21N3O5S2/c1-28-19(25)16-4-2-3-15(9-16)13-29-20-22-10-17(12-24)23(20)11-14-5-7-18(8-6-14)30(21,26)27/h2-10,24H,11-13H2,1H3,(H2,21,26,27). The smallest absolute Gasteiger partial charge is 0.337 e. The Bertz CT molecular complexity index is 1140. The van der Waals surface area contributed by atoms with E-state index in [0.29, 0.717) is 28.7 Å². The summed E-state index contributed by atoms with van der Waals surface area (Å²) in [6, 6.07) is 13.4. The second kappa shape index (κ2) is 9.43. The second-order valence-corrected chi connectivity index (χ2v) is 8.95. The molecule has 10 heteroatoms. The van der Waals surface area contributed by atoms with E-state index in [1.54, 1.807) is 36.5 Å². The average Bonchev–Trinajstić information content (AvgIpc) is 3.13. The molecule has 0 amide bonds. The molecule has 3 rings (SSSR count). The average molecular weight is 448 g/mol. The zero-order valence-electron chi connectivity index (χ0n) is 16.2. The highest BCUT2D eigenvalue weighted by atomic mass is 32.2. The van der Waals surface area contributed by atoms with E-state index in [2.05, 4.69) is 4.98 Å². The second-order valence-electron chi connectivity index (χ2n) is 6.45. The fourth-order valence-corrected chi connectivity index (χ4v) is 4.28. The SMILES string of the molecule is COC(=O)c1cccc(CSc2ncc(CO)n2Cc2ccc(S(N)(=O)=O)cc2)c1. The number of hydrogen-bond acceptors (Lipinski definition) is 7. The van der Waals surface area contributed by atoms with E-state index in [9.17, 15) is 18.3 Å². The molecule has 0 bridgehead atoms. The fourth-order valence-electron chi connectivity index (χ4n) is 2.82. The van der Waals surface area contributed by atoms with Crippen LogP contribution in [0.5, 0.6) is 0 Å². The Morgan fingerprint density at radius 1 is 1.20 bits per heavy atom. The molecule has 0 spiro atoms. The van der Waals surface area contributed by atoms with Gasteiger partial charge in [-0.3, -0.25) is 0 Å². The first-order valence-electron chi connectivity index (χ1n) is 8.89. The lowest BCUT2D eigenvalue weighted by Crippen LogP contribution is -2.12. The molecule has 0 atom stereocenters. The van der Waals surface area contributed by atoms with Gasteiger partial charge in [-0.2, -0.15) is 0 Å². The summed E-state index contributed by atoms with van der Waals surface area (Å²) in [6.45, 7) is 0.228. The van der Waals surface area contributed by atoms with Crippen molar-refractivity contribution >= 4 is 27.8 Å². The number of nitrogens with zero attached hydrogens (tertiary/aromatic N) is 2. The maximum atomic E-state index is 11.7. The summed E-state index contributed by atoms with van der Waals surface area (Å²) in [5, 5.41) is 15.5. The van der Waals surface area contributed by atoms with Gasteiger partial charge in [-0.25, -0.2) is 23.3 Å². The van der Waals surface area contributed by atoms with Crippen molar-refractivity contribution in [2.45, 2.75) is 29.0 Å². The number of aliphatic hydroxyl groups is 1. The quantitative estimate of drug-likeness (QED) is 0.400. The number of carbonyl (C=O) groups excluding carboxylic acids is 1. The van der Waals surface area contributed by atoms with Crippen molar-refractivity contribution in [1.29, 1.82) is 0 Å². The van der Waals surface area contributed by atoms with Crippen LogP contribution >= 0.6 is 11.8 Å². The summed E-state index contributed by atoms with van der Waals surface area (Å²) in [6.07, 6.45) is 1.60. The fraction of sp³-hybridized carbons (Fsp3) is 0.200. The number of hydrogen-bond donors (Lipinski definition) is 2. The molecule has 1 aromatic heterocycles. The van der Waals surface area contributed by atoms with Gasteiger partial charge in [0.1, 0.15) is 0 Å². The Kier molecular flexibility index (Phi) is 6.93. The summed E-state index contributed by atoms with van der Waals surface area (Å²) in [5.41, 5.74) is 2.88. The first-order valence-corrected chi connectivity index (χ1v) is 11.4. The van der Waals surface area contributed by atoms with Crippen molar-refractivity contribution in [3.8, 4) is 0 Å². The van der Waals surface area contributed by atoms with E-state index in [1.807, 2.05) is 10.6 Å². The third-order valence-corrected chi connectivity index (χ3v) is 6.36.